The standard InChI is InChI=1S/C40H23N3OS/c1-2-11-24(12-3-1)38-37-29-17-6-9-20-36(29)45-40(37)42-39(41-38)25-13-10-14-26(21-25)43-32-18-7-4-15-27(32)30-22-31-28-16-5-8-19-34(28)44-35(31)23-33(30)43/h1-23H. The molecule has 0 aliphatic carbocycles. The number of furan rings is 1. The molecular formula is C40H23N3OS. The molecule has 0 N–H and O–H groups in total. The summed E-state index contributed by atoms with van der Waals surface area (Å²) in [5, 5.41) is 6.98. The van der Waals surface area contributed by atoms with Gasteiger partial charge >= 0.3 is 0 Å². The minimum Gasteiger partial charge on any atom is -0.456 e. The van der Waals surface area contributed by atoms with Crippen LogP contribution < -0.4 is 0 Å². The Kier molecular flexibility index (Phi) is 5.12. The predicted molar refractivity (Wildman–Crippen MR) is 187 cm³/mol. The zero-order chi connectivity index (χ0) is 29.5. The Bertz CT molecular complexity index is 2770. The summed E-state index contributed by atoms with van der Waals surface area (Å²) >= 11 is 1.72. The number of benzene rings is 6. The Morgan fingerprint density at radius 3 is 2.18 bits per heavy atom. The van der Waals surface area contributed by atoms with E-state index in [9.17, 15) is 0 Å². The van der Waals surface area contributed by atoms with Crippen LogP contribution in [0.3, 0.4) is 0 Å². The van der Waals surface area contributed by atoms with Crippen molar-refractivity contribution in [3.05, 3.63) is 140 Å². The van der Waals surface area contributed by atoms with Gasteiger partial charge in [0.1, 0.15) is 16.0 Å². The molecule has 0 amide bonds. The van der Waals surface area contributed by atoms with E-state index in [1.165, 1.54) is 20.9 Å². The summed E-state index contributed by atoms with van der Waals surface area (Å²) in [4.78, 5) is 11.4. The molecule has 0 aliphatic rings. The first-order valence-electron chi connectivity index (χ1n) is 15.0. The van der Waals surface area contributed by atoms with E-state index in [0.717, 1.165) is 71.5 Å². The fourth-order valence-electron chi connectivity index (χ4n) is 6.81. The highest BCUT2D eigenvalue weighted by atomic mass is 32.1. The summed E-state index contributed by atoms with van der Waals surface area (Å²) in [5.74, 6) is 0.718. The quantitative estimate of drug-likeness (QED) is 0.205. The molecule has 0 bridgehead atoms. The van der Waals surface area contributed by atoms with Crippen molar-refractivity contribution in [2.24, 2.45) is 0 Å². The zero-order valence-corrected chi connectivity index (χ0v) is 24.8. The Morgan fingerprint density at radius 1 is 0.511 bits per heavy atom. The summed E-state index contributed by atoms with van der Waals surface area (Å²) in [6.45, 7) is 0. The average molecular weight is 594 g/mol. The van der Waals surface area contributed by atoms with Crippen molar-refractivity contribution < 1.29 is 4.42 Å². The van der Waals surface area contributed by atoms with Crippen LogP contribution in [0.25, 0.3) is 92.4 Å². The van der Waals surface area contributed by atoms with E-state index in [2.05, 4.69) is 126 Å². The van der Waals surface area contributed by atoms with E-state index < -0.39 is 0 Å². The summed E-state index contributed by atoms with van der Waals surface area (Å²) < 4.78 is 9.87. The molecular weight excluding hydrogens is 571 g/mol. The van der Waals surface area contributed by atoms with Gasteiger partial charge in [0, 0.05) is 59.9 Å². The van der Waals surface area contributed by atoms with E-state index in [4.69, 9.17) is 14.4 Å². The van der Waals surface area contributed by atoms with Crippen molar-refractivity contribution in [2.45, 2.75) is 0 Å². The van der Waals surface area contributed by atoms with E-state index in [1.807, 2.05) is 18.2 Å². The largest absolute Gasteiger partial charge is 0.456 e. The molecule has 210 valence electrons. The van der Waals surface area contributed by atoms with Crippen molar-refractivity contribution in [1.82, 2.24) is 14.5 Å². The maximum absolute atomic E-state index is 6.33. The molecule has 0 saturated carbocycles. The zero-order valence-electron chi connectivity index (χ0n) is 23.9. The van der Waals surface area contributed by atoms with Crippen LogP contribution in [-0.2, 0) is 0 Å². The van der Waals surface area contributed by atoms with E-state index >= 15 is 0 Å². The normalized spacial score (nSPS) is 12.0. The van der Waals surface area contributed by atoms with Gasteiger partial charge in [-0.15, -0.1) is 11.3 Å². The van der Waals surface area contributed by atoms with Gasteiger partial charge in [-0.05, 0) is 36.4 Å². The van der Waals surface area contributed by atoms with Crippen molar-refractivity contribution in [2.75, 3.05) is 0 Å². The molecule has 0 saturated heterocycles. The summed E-state index contributed by atoms with van der Waals surface area (Å²) in [7, 11) is 0. The Labute approximate surface area is 261 Å². The lowest BCUT2D eigenvalue weighted by molar-refractivity contribution is 0.669. The molecule has 10 aromatic rings. The fourth-order valence-corrected chi connectivity index (χ4v) is 7.88. The Morgan fingerprint density at radius 2 is 1.27 bits per heavy atom. The maximum atomic E-state index is 6.33. The van der Waals surface area contributed by atoms with Crippen LogP contribution in [0.4, 0.5) is 0 Å². The number of nitrogens with zero attached hydrogens (tertiary/aromatic N) is 3. The van der Waals surface area contributed by atoms with Gasteiger partial charge in [-0.2, -0.15) is 0 Å². The van der Waals surface area contributed by atoms with Crippen molar-refractivity contribution >= 4 is 75.4 Å². The molecule has 0 spiro atoms. The molecule has 0 fully saturated rings. The first kappa shape index (κ1) is 24.6. The van der Waals surface area contributed by atoms with Crippen LogP contribution in [0.15, 0.2) is 144 Å². The molecule has 4 heterocycles. The number of para-hydroxylation sites is 2. The van der Waals surface area contributed by atoms with Gasteiger partial charge in [-0.25, -0.2) is 9.97 Å². The third-order valence-electron chi connectivity index (χ3n) is 8.82. The van der Waals surface area contributed by atoms with Crippen LogP contribution in [0.1, 0.15) is 0 Å². The lowest BCUT2D eigenvalue weighted by Crippen LogP contribution is -1.97. The van der Waals surface area contributed by atoms with Crippen molar-refractivity contribution in [1.29, 1.82) is 0 Å². The fraction of sp³-hybridized carbons (Fsp3) is 0. The molecule has 0 unspecified atom stereocenters. The molecule has 0 radical (unpaired) electrons. The molecule has 0 atom stereocenters. The van der Waals surface area contributed by atoms with Crippen molar-refractivity contribution in [3.8, 4) is 28.3 Å². The summed E-state index contributed by atoms with van der Waals surface area (Å²) in [6, 6.07) is 48.9. The Hall–Kier alpha value is -5.78. The minimum absolute atomic E-state index is 0.718. The lowest BCUT2D eigenvalue weighted by Gasteiger charge is -2.11. The molecule has 5 heteroatoms. The highest BCUT2D eigenvalue weighted by molar-refractivity contribution is 7.25. The summed E-state index contributed by atoms with van der Waals surface area (Å²) in [6.07, 6.45) is 0. The van der Waals surface area contributed by atoms with Gasteiger partial charge in [-0.3, -0.25) is 0 Å². The second-order valence-electron chi connectivity index (χ2n) is 11.4. The number of thiophene rings is 1. The smallest absolute Gasteiger partial charge is 0.161 e. The maximum Gasteiger partial charge on any atom is 0.161 e. The third kappa shape index (κ3) is 3.65. The van der Waals surface area contributed by atoms with Gasteiger partial charge in [-0.1, -0.05) is 97.1 Å². The first-order valence-corrected chi connectivity index (χ1v) is 15.8. The number of rotatable bonds is 3. The molecule has 4 aromatic heterocycles. The number of aromatic nitrogens is 3. The SMILES string of the molecule is c1ccc(-c2nc(-c3cccc(-n4c5ccccc5c5cc6c(cc54)oc4ccccc46)c3)nc3sc4ccccc4c23)cc1. The monoisotopic (exact) mass is 593 g/mol. The van der Waals surface area contributed by atoms with Crippen molar-refractivity contribution in [3.63, 3.8) is 0 Å². The molecule has 4 nitrogen and oxygen atoms in total. The molecule has 45 heavy (non-hydrogen) atoms. The molecule has 0 aliphatic heterocycles. The highest BCUT2D eigenvalue weighted by Gasteiger charge is 2.19. The predicted octanol–water partition coefficient (Wildman–Crippen LogP) is 11.2. The van der Waals surface area contributed by atoms with Crippen LogP contribution in [0.5, 0.6) is 0 Å². The lowest BCUT2D eigenvalue weighted by atomic mass is 10.1. The van der Waals surface area contributed by atoms with Crippen LogP contribution in [0, 0.1) is 0 Å². The van der Waals surface area contributed by atoms with Gasteiger partial charge < -0.3 is 8.98 Å². The average Bonchev–Trinajstić information content (AvgIpc) is 3.76. The topological polar surface area (TPSA) is 43.9 Å². The number of hydrogen-bond acceptors (Lipinski definition) is 4. The van der Waals surface area contributed by atoms with Crippen LogP contribution >= 0.6 is 11.3 Å². The van der Waals surface area contributed by atoms with Gasteiger partial charge in [0.15, 0.2) is 5.82 Å². The highest BCUT2D eigenvalue weighted by Crippen LogP contribution is 2.41. The second-order valence-corrected chi connectivity index (χ2v) is 12.4. The van der Waals surface area contributed by atoms with Crippen LogP contribution in [-0.4, -0.2) is 14.5 Å². The number of fused-ring (bicyclic) bond motifs is 9. The molecule has 6 aromatic carbocycles. The first-order chi connectivity index (χ1) is 22.3. The second kappa shape index (κ2) is 9.36. The third-order valence-corrected chi connectivity index (χ3v) is 9.88. The van der Waals surface area contributed by atoms with Gasteiger partial charge in [0.05, 0.1) is 16.7 Å². The van der Waals surface area contributed by atoms with E-state index in [1.54, 1.807) is 11.3 Å². The molecule has 10 rings (SSSR count). The Balaban J connectivity index is 1.22. The van der Waals surface area contributed by atoms with Crippen LogP contribution in [0.2, 0.25) is 0 Å². The number of hydrogen-bond donors (Lipinski definition) is 0. The minimum atomic E-state index is 0.718. The van der Waals surface area contributed by atoms with E-state index in [-0.39, 0.29) is 0 Å². The van der Waals surface area contributed by atoms with Gasteiger partial charge in [0.25, 0.3) is 0 Å². The van der Waals surface area contributed by atoms with Gasteiger partial charge in [0.2, 0.25) is 0 Å². The summed E-state index contributed by atoms with van der Waals surface area (Å²) in [5.41, 5.74) is 8.11. The van der Waals surface area contributed by atoms with E-state index in [0.29, 0.717) is 0 Å².